The highest BCUT2D eigenvalue weighted by Crippen LogP contribution is 2.26. The molecule has 0 aromatic heterocycles. The van der Waals surface area contributed by atoms with E-state index in [1.807, 2.05) is 0 Å². The standard InChI is InChI=1S/C14H15Cl2NO4/c1-21-8-7-17(9-13(19)20)12(18)6-5-10-3-2-4-11(15)14(10)16/h2-6H,7-9H2,1H3,(H,19,20). The normalized spacial score (nSPS) is 10.8. The quantitative estimate of drug-likeness (QED) is 0.780. The molecule has 0 fully saturated rings. The third-order valence-electron chi connectivity index (χ3n) is 2.59. The molecule has 0 spiro atoms. The van der Waals surface area contributed by atoms with Gasteiger partial charge in [-0.25, -0.2) is 0 Å². The van der Waals surface area contributed by atoms with Crippen LogP contribution in [0.1, 0.15) is 5.56 Å². The first-order chi connectivity index (χ1) is 9.95. The Morgan fingerprint density at radius 3 is 2.71 bits per heavy atom. The summed E-state index contributed by atoms with van der Waals surface area (Å²) in [7, 11) is 1.48. The second kappa shape index (κ2) is 8.67. The molecular formula is C14H15Cl2NO4. The molecule has 0 aliphatic heterocycles. The van der Waals surface area contributed by atoms with Crippen molar-refractivity contribution in [2.45, 2.75) is 0 Å². The number of carbonyl (C=O) groups excluding carboxylic acids is 1. The Kier molecular flexibility index (Phi) is 7.22. The summed E-state index contributed by atoms with van der Waals surface area (Å²) >= 11 is 11.9. The molecule has 114 valence electrons. The van der Waals surface area contributed by atoms with E-state index in [9.17, 15) is 9.59 Å². The van der Waals surface area contributed by atoms with Gasteiger partial charge < -0.3 is 14.7 Å². The molecule has 0 saturated heterocycles. The van der Waals surface area contributed by atoms with Gasteiger partial charge >= 0.3 is 5.97 Å². The number of aliphatic carboxylic acids is 1. The van der Waals surface area contributed by atoms with Gasteiger partial charge in [-0.3, -0.25) is 9.59 Å². The number of benzene rings is 1. The summed E-state index contributed by atoms with van der Waals surface area (Å²) in [6, 6.07) is 5.05. The number of carbonyl (C=O) groups is 2. The number of rotatable bonds is 7. The van der Waals surface area contributed by atoms with Crippen molar-refractivity contribution in [1.82, 2.24) is 4.90 Å². The fraction of sp³-hybridized carbons (Fsp3) is 0.286. The van der Waals surface area contributed by atoms with Gasteiger partial charge in [0.1, 0.15) is 6.54 Å². The van der Waals surface area contributed by atoms with Crippen molar-refractivity contribution in [3.05, 3.63) is 39.9 Å². The topological polar surface area (TPSA) is 66.8 Å². The molecule has 0 heterocycles. The molecule has 0 saturated carbocycles. The van der Waals surface area contributed by atoms with Crippen LogP contribution in [0.2, 0.25) is 10.0 Å². The van der Waals surface area contributed by atoms with E-state index in [0.29, 0.717) is 15.6 Å². The Morgan fingerprint density at radius 2 is 2.10 bits per heavy atom. The number of nitrogens with zero attached hydrogens (tertiary/aromatic N) is 1. The second-order valence-corrected chi connectivity index (χ2v) is 4.91. The van der Waals surface area contributed by atoms with E-state index >= 15 is 0 Å². The minimum absolute atomic E-state index is 0.190. The van der Waals surface area contributed by atoms with Gasteiger partial charge in [-0.1, -0.05) is 35.3 Å². The van der Waals surface area contributed by atoms with Crippen molar-refractivity contribution in [3.63, 3.8) is 0 Å². The number of methoxy groups -OCH3 is 1. The Balaban J connectivity index is 2.82. The number of carboxylic acid groups (broad SMARTS) is 1. The van der Waals surface area contributed by atoms with Crippen molar-refractivity contribution < 1.29 is 19.4 Å². The fourth-order valence-electron chi connectivity index (χ4n) is 1.55. The molecule has 1 rings (SSSR count). The molecule has 7 heteroatoms. The Labute approximate surface area is 132 Å². The van der Waals surface area contributed by atoms with E-state index in [-0.39, 0.29) is 13.2 Å². The van der Waals surface area contributed by atoms with Crippen molar-refractivity contribution >= 4 is 41.2 Å². The van der Waals surface area contributed by atoms with Crippen LogP contribution < -0.4 is 0 Å². The molecule has 1 aromatic rings. The van der Waals surface area contributed by atoms with Gasteiger partial charge in [0, 0.05) is 19.7 Å². The first kappa shape index (κ1) is 17.5. The van der Waals surface area contributed by atoms with Crippen molar-refractivity contribution in [2.75, 3.05) is 26.8 Å². The van der Waals surface area contributed by atoms with Crippen LogP contribution in [-0.4, -0.2) is 48.7 Å². The van der Waals surface area contributed by atoms with Gasteiger partial charge in [0.15, 0.2) is 0 Å². The highest BCUT2D eigenvalue weighted by Gasteiger charge is 2.14. The van der Waals surface area contributed by atoms with E-state index < -0.39 is 18.4 Å². The van der Waals surface area contributed by atoms with Crippen LogP contribution in [-0.2, 0) is 14.3 Å². The summed E-state index contributed by atoms with van der Waals surface area (Å²) in [5.41, 5.74) is 0.583. The van der Waals surface area contributed by atoms with E-state index in [4.69, 9.17) is 33.0 Å². The first-order valence-corrected chi connectivity index (χ1v) is 6.83. The summed E-state index contributed by atoms with van der Waals surface area (Å²) < 4.78 is 4.85. The molecule has 5 nitrogen and oxygen atoms in total. The highest BCUT2D eigenvalue weighted by molar-refractivity contribution is 6.42. The lowest BCUT2D eigenvalue weighted by molar-refractivity contribution is -0.143. The van der Waals surface area contributed by atoms with Crippen molar-refractivity contribution in [1.29, 1.82) is 0 Å². The van der Waals surface area contributed by atoms with E-state index in [1.165, 1.54) is 24.2 Å². The molecule has 1 N–H and O–H groups in total. The van der Waals surface area contributed by atoms with Crippen LogP contribution in [0.5, 0.6) is 0 Å². The molecule has 21 heavy (non-hydrogen) atoms. The average Bonchev–Trinajstić information content (AvgIpc) is 2.44. The molecule has 0 radical (unpaired) electrons. The van der Waals surface area contributed by atoms with Gasteiger partial charge in [-0.15, -0.1) is 0 Å². The number of carboxylic acids is 1. The number of amides is 1. The van der Waals surface area contributed by atoms with Gasteiger partial charge in [-0.05, 0) is 17.7 Å². The third kappa shape index (κ3) is 5.75. The molecule has 0 bridgehead atoms. The van der Waals surface area contributed by atoms with E-state index in [2.05, 4.69) is 0 Å². The molecule has 0 atom stereocenters. The highest BCUT2D eigenvalue weighted by atomic mass is 35.5. The maximum Gasteiger partial charge on any atom is 0.323 e. The lowest BCUT2D eigenvalue weighted by Crippen LogP contribution is -2.36. The Hall–Kier alpha value is -1.56. The monoisotopic (exact) mass is 331 g/mol. The zero-order chi connectivity index (χ0) is 15.8. The molecule has 1 aromatic carbocycles. The predicted octanol–water partition coefficient (Wildman–Crippen LogP) is 2.57. The van der Waals surface area contributed by atoms with E-state index in [0.717, 1.165) is 0 Å². The maximum absolute atomic E-state index is 12.0. The number of halogens is 2. The minimum atomic E-state index is -1.09. The number of hydrogen-bond acceptors (Lipinski definition) is 3. The minimum Gasteiger partial charge on any atom is -0.480 e. The van der Waals surface area contributed by atoms with Crippen LogP contribution >= 0.6 is 23.2 Å². The average molecular weight is 332 g/mol. The Bertz CT molecular complexity index is 546. The molecule has 0 unspecified atom stereocenters. The smallest absolute Gasteiger partial charge is 0.323 e. The van der Waals surface area contributed by atoms with E-state index in [1.54, 1.807) is 18.2 Å². The second-order valence-electron chi connectivity index (χ2n) is 4.12. The van der Waals surface area contributed by atoms with Gasteiger partial charge in [0.2, 0.25) is 5.91 Å². The lowest BCUT2D eigenvalue weighted by Gasteiger charge is -2.18. The van der Waals surface area contributed by atoms with Crippen LogP contribution in [0.25, 0.3) is 6.08 Å². The zero-order valence-electron chi connectivity index (χ0n) is 11.4. The largest absolute Gasteiger partial charge is 0.480 e. The molecule has 0 aliphatic rings. The van der Waals surface area contributed by atoms with Crippen molar-refractivity contribution in [2.24, 2.45) is 0 Å². The predicted molar refractivity (Wildman–Crippen MR) is 81.6 cm³/mol. The summed E-state index contributed by atoms with van der Waals surface area (Å²) in [6.45, 7) is 0.0514. The molecular weight excluding hydrogens is 317 g/mol. The zero-order valence-corrected chi connectivity index (χ0v) is 12.9. The lowest BCUT2D eigenvalue weighted by atomic mass is 10.2. The van der Waals surface area contributed by atoms with Crippen LogP contribution in [0.4, 0.5) is 0 Å². The molecule has 0 aliphatic carbocycles. The summed E-state index contributed by atoms with van der Waals surface area (Å²) in [6.07, 6.45) is 2.76. The van der Waals surface area contributed by atoms with Gasteiger partial charge in [0.25, 0.3) is 0 Å². The Morgan fingerprint density at radius 1 is 1.38 bits per heavy atom. The fourth-order valence-corrected chi connectivity index (χ4v) is 1.92. The molecule has 1 amide bonds. The summed E-state index contributed by atoms with van der Waals surface area (Å²) in [5.74, 6) is -1.53. The van der Waals surface area contributed by atoms with Crippen LogP contribution in [0.15, 0.2) is 24.3 Å². The first-order valence-electron chi connectivity index (χ1n) is 6.07. The van der Waals surface area contributed by atoms with Gasteiger partial charge in [0.05, 0.1) is 16.7 Å². The SMILES string of the molecule is COCCN(CC(=O)O)C(=O)C=Cc1cccc(Cl)c1Cl. The summed E-state index contributed by atoms with van der Waals surface area (Å²) in [5, 5.41) is 9.52. The number of hydrogen-bond donors (Lipinski definition) is 1. The van der Waals surface area contributed by atoms with Crippen molar-refractivity contribution in [3.8, 4) is 0 Å². The van der Waals surface area contributed by atoms with Gasteiger partial charge in [-0.2, -0.15) is 0 Å². The third-order valence-corrected chi connectivity index (χ3v) is 3.42. The number of ether oxygens (including phenoxy) is 1. The summed E-state index contributed by atoms with van der Waals surface area (Å²) in [4.78, 5) is 23.9. The van der Waals surface area contributed by atoms with Crippen LogP contribution in [0.3, 0.4) is 0 Å². The maximum atomic E-state index is 12.0. The van der Waals surface area contributed by atoms with Crippen LogP contribution in [0, 0.1) is 0 Å².